The molecule has 1 aromatic heterocycles. The number of aromatic nitrogens is 1. The monoisotopic (exact) mass is 295 g/mol. The van der Waals surface area contributed by atoms with Gasteiger partial charge in [-0.3, -0.25) is 9.78 Å². The summed E-state index contributed by atoms with van der Waals surface area (Å²) in [7, 11) is 0. The first-order valence-corrected chi connectivity index (χ1v) is 6.91. The molecule has 3 aromatic rings. The van der Waals surface area contributed by atoms with Crippen molar-refractivity contribution in [3.05, 3.63) is 71.7 Å². The summed E-state index contributed by atoms with van der Waals surface area (Å²) in [5, 5.41) is 1.03. The lowest BCUT2D eigenvalue weighted by Crippen LogP contribution is -2.00. The average molecular weight is 295 g/mol. The quantitative estimate of drug-likeness (QED) is 0.679. The summed E-state index contributed by atoms with van der Waals surface area (Å²) in [5.41, 5.74) is 1.86. The van der Waals surface area contributed by atoms with Crippen molar-refractivity contribution < 1.29 is 13.9 Å². The first-order chi connectivity index (χ1) is 10.6. The van der Waals surface area contributed by atoms with Gasteiger partial charge in [0.25, 0.3) is 0 Å². The second kappa shape index (κ2) is 5.93. The molecule has 4 heteroatoms. The molecule has 3 nitrogen and oxygen atoms in total. The van der Waals surface area contributed by atoms with E-state index in [1.807, 2.05) is 30.3 Å². The smallest absolute Gasteiger partial charge is 0.162 e. The molecule has 0 aliphatic heterocycles. The molecule has 1 heterocycles. The molecule has 0 fully saturated rings. The number of Topliss-reactive ketones (excluding diaryl/α,β-unsaturated/α-hetero) is 1. The molecule has 0 bridgehead atoms. The summed E-state index contributed by atoms with van der Waals surface area (Å²) < 4.78 is 19.4. The van der Waals surface area contributed by atoms with Gasteiger partial charge in [-0.1, -0.05) is 24.3 Å². The fraction of sp³-hybridized carbons (Fsp3) is 0.111. The van der Waals surface area contributed by atoms with Gasteiger partial charge < -0.3 is 4.74 Å². The van der Waals surface area contributed by atoms with Gasteiger partial charge in [-0.2, -0.15) is 0 Å². The lowest BCUT2D eigenvalue weighted by Gasteiger charge is -2.09. The minimum atomic E-state index is -0.568. The highest BCUT2D eigenvalue weighted by Crippen LogP contribution is 2.21. The van der Waals surface area contributed by atoms with Crippen LogP contribution in [0.15, 0.2) is 54.7 Å². The van der Waals surface area contributed by atoms with Crippen LogP contribution in [0, 0.1) is 5.82 Å². The Labute approximate surface area is 127 Å². The number of para-hydroxylation sites is 1. The Bertz CT molecular complexity index is 840. The van der Waals surface area contributed by atoms with Crippen molar-refractivity contribution in [3.8, 4) is 5.75 Å². The molecular formula is C18H14FNO2. The molecule has 2 aromatic carbocycles. The number of nitrogens with zero attached hydrogens (tertiary/aromatic N) is 1. The highest BCUT2D eigenvalue weighted by Gasteiger charge is 2.09. The number of ether oxygens (including phenoxy) is 1. The Morgan fingerprint density at radius 3 is 2.77 bits per heavy atom. The Balaban J connectivity index is 1.82. The lowest BCUT2D eigenvalue weighted by molar-refractivity contribution is 0.101. The Morgan fingerprint density at radius 1 is 1.18 bits per heavy atom. The van der Waals surface area contributed by atoms with E-state index in [0.717, 1.165) is 16.5 Å². The standard InChI is InChI=1S/C18H14FNO2/c1-12(21)16-8-7-15(10-17(16)19)22-11-14-5-2-4-13-6-3-9-20-18(13)14/h2-10H,11H2,1H3. The molecule has 0 saturated carbocycles. The van der Waals surface area contributed by atoms with Gasteiger partial charge in [0.1, 0.15) is 18.2 Å². The minimum Gasteiger partial charge on any atom is -0.489 e. The van der Waals surface area contributed by atoms with E-state index >= 15 is 0 Å². The van der Waals surface area contributed by atoms with Crippen LogP contribution in [0.2, 0.25) is 0 Å². The number of halogens is 1. The molecule has 0 unspecified atom stereocenters. The third-order valence-corrected chi connectivity index (χ3v) is 3.43. The lowest BCUT2D eigenvalue weighted by atomic mass is 10.1. The van der Waals surface area contributed by atoms with Gasteiger partial charge in [0.05, 0.1) is 11.1 Å². The molecule has 0 aliphatic carbocycles. The van der Waals surface area contributed by atoms with Crippen LogP contribution in [0.3, 0.4) is 0 Å². The van der Waals surface area contributed by atoms with Gasteiger partial charge in [-0.05, 0) is 25.1 Å². The topological polar surface area (TPSA) is 39.2 Å². The number of ketones is 1. The highest BCUT2D eigenvalue weighted by atomic mass is 19.1. The zero-order valence-corrected chi connectivity index (χ0v) is 12.0. The molecular weight excluding hydrogens is 281 g/mol. The van der Waals surface area contributed by atoms with Gasteiger partial charge in [0, 0.05) is 23.2 Å². The number of carbonyl (C=O) groups excluding carboxylic acids is 1. The number of pyridine rings is 1. The number of fused-ring (bicyclic) bond motifs is 1. The van der Waals surface area contributed by atoms with Gasteiger partial charge in [0.15, 0.2) is 5.78 Å². The van der Waals surface area contributed by atoms with Crippen molar-refractivity contribution in [2.24, 2.45) is 0 Å². The molecule has 110 valence electrons. The summed E-state index contributed by atoms with van der Waals surface area (Å²) >= 11 is 0. The van der Waals surface area contributed by atoms with E-state index < -0.39 is 5.82 Å². The molecule has 0 atom stereocenters. The van der Waals surface area contributed by atoms with Gasteiger partial charge in [0.2, 0.25) is 0 Å². The SMILES string of the molecule is CC(=O)c1ccc(OCc2cccc3cccnc23)cc1F. The number of rotatable bonds is 4. The summed E-state index contributed by atoms with van der Waals surface area (Å²) in [6.07, 6.45) is 1.73. The zero-order valence-electron chi connectivity index (χ0n) is 12.0. The van der Waals surface area contributed by atoms with Crippen LogP contribution in [-0.4, -0.2) is 10.8 Å². The van der Waals surface area contributed by atoms with Crippen LogP contribution in [-0.2, 0) is 6.61 Å². The van der Waals surface area contributed by atoms with Crippen molar-refractivity contribution in [1.29, 1.82) is 0 Å². The van der Waals surface area contributed by atoms with E-state index in [1.165, 1.54) is 19.1 Å². The maximum atomic E-state index is 13.8. The molecule has 0 aliphatic rings. The summed E-state index contributed by atoms with van der Waals surface area (Å²) in [6, 6.07) is 14.0. The van der Waals surface area contributed by atoms with Crippen LogP contribution in [0.1, 0.15) is 22.8 Å². The third-order valence-electron chi connectivity index (χ3n) is 3.43. The van der Waals surface area contributed by atoms with Crippen LogP contribution in [0.4, 0.5) is 4.39 Å². The highest BCUT2D eigenvalue weighted by molar-refractivity contribution is 5.94. The maximum Gasteiger partial charge on any atom is 0.162 e. The van der Waals surface area contributed by atoms with Gasteiger partial charge in [-0.15, -0.1) is 0 Å². The first kappa shape index (κ1) is 14.2. The number of hydrogen-bond donors (Lipinski definition) is 0. The molecule has 3 rings (SSSR count). The van der Waals surface area contributed by atoms with Crippen LogP contribution >= 0.6 is 0 Å². The second-order valence-electron chi connectivity index (χ2n) is 4.98. The van der Waals surface area contributed by atoms with E-state index in [1.54, 1.807) is 12.3 Å². The largest absolute Gasteiger partial charge is 0.489 e. The van der Waals surface area contributed by atoms with E-state index in [2.05, 4.69) is 4.98 Å². The predicted molar refractivity (Wildman–Crippen MR) is 82.5 cm³/mol. The van der Waals surface area contributed by atoms with Crippen molar-refractivity contribution in [3.63, 3.8) is 0 Å². The number of hydrogen-bond acceptors (Lipinski definition) is 3. The van der Waals surface area contributed by atoms with Crippen LogP contribution < -0.4 is 4.74 Å². The summed E-state index contributed by atoms with van der Waals surface area (Å²) in [6.45, 7) is 1.62. The van der Waals surface area contributed by atoms with Crippen molar-refractivity contribution in [2.45, 2.75) is 13.5 Å². The summed E-state index contributed by atoms with van der Waals surface area (Å²) in [4.78, 5) is 15.6. The first-order valence-electron chi connectivity index (χ1n) is 6.91. The third kappa shape index (κ3) is 2.81. The number of carbonyl (C=O) groups is 1. The van der Waals surface area contributed by atoms with Crippen molar-refractivity contribution in [2.75, 3.05) is 0 Å². The van der Waals surface area contributed by atoms with E-state index in [9.17, 15) is 9.18 Å². The molecule has 22 heavy (non-hydrogen) atoms. The Kier molecular flexibility index (Phi) is 3.83. The second-order valence-corrected chi connectivity index (χ2v) is 4.98. The van der Waals surface area contributed by atoms with Crippen LogP contribution in [0.5, 0.6) is 5.75 Å². The molecule has 0 radical (unpaired) electrons. The maximum absolute atomic E-state index is 13.8. The normalized spacial score (nSPS) is 10.6. The minimum absolute atomic E-state index is 0.0687. The Morgan fingerprint density at radius 2 is 2.00 bits per heavy atom. The van der Waals surface area contributed by atoms with Gasteiger partial charge >= 0.3 is 0 Å². The molecule has 0 spiro atoms. The van der Waals surface area contributed by atoms with Crippen molar-refractivity contribution in [1.82, 2.24) is 4.98 Å². The summed E-state index contributed by atoms with van der Waals surface area (Å²) in [5.74, 6) is -0.487. The zero-order chi connectivity index (χ0) is 15.5. The van der Waals surface area contributed by atoms with E-state index in [0.29, 0.717) is 5.75 Å². The van der Waals surface area contributed by atoms with Crippen LogP contribution in [0.25, 0.3) is 10.9 Å². The van der Waals surface area contributed by atoms with E-state index in [-0.39, 0.29) is 18.0 Å². The predicted octanol–water partition coefficient (Wildman–Crippen LogP) is 4.16. The van der Waals surface area contributed by atoms with E-state index in [4.69, 9.17) is 4.74 Å². The average Bonchev–Trinajstić information content (AvgIpc) is 2.52. The molecule has 0 saturated heterocycles. The Hall–Kier alpha value is -2.75. The fourth-order valence-corrected chi connectivity index (χ4v) is 2.32. The number of benzene rings is 2. The molecule has 0 N–H and O–H groups in total. The fourth-order valence-electron chi connectivity index (χ4n) is 2.32. The van der Waals surface area contributed by atoms with Crippen molar-refractivity contribution >= 4 is 16.7 Å². The molecule has 0 amide bonds. The van der Waals surface area contributed by atoms with Gasteiger partial charge in [-0.25, -0.2) is 4.39 Å².